The second kappa shape index (κ2) is 4.29. The van der Waals surface area contributed by atoms with Crippen LogP contribution in [0.4, 0.5) is 0 Å². The zero-order valence-corrected chi connectivity index (χ0v) is 8.80. The van der Waals surface area contributed by atoms with E-state index in [2.05, 4.69) is 0 Å². The van der Waals surface area contributed by atoms with Gasteiger partial charge in [-0.25, -0.2) is 4.79 Å². The van der Waals surface area contributed by atoms with Crippen LogP contribution < -0.4 is 0 Å². The van der Waals surface area contributed by atoms with Crippen LogP contribution >= 0.6 is 11.6 Å². The molecule has 0 aliphatic carbocycles. The summed E-state index contributed by atoms with van der Waals surface area (Å²) in [6, 6.07) is 5.46. The Hall–Kier alpha value is -1.28. The number of carboxylic acid groups (broad SMARTS) is 1. The van der Waals surface area contributed by atoms with Crippen LogP contribution in [0.5, 0.6) is 0 Å². The number of aryl methyl sites for hydroxylation is 1. The smallest absolute Gasteiger partial charge is 0.331 e. The molecule has 0 atom stereocenters. The normalized spacial score (nSPS) is 11.5. The van der Waals surface area contributed by atoms with E-state index in [0.29, 0.717) is 10.6 Å². The van der Waals surface area contributed by atoms with Crippen molar-refractivity contribution >= 4 is 23.6 Å². The minimum atomic E-state index is -0.915. The molecular formula is C11H11ClO2. The maximum atomic E-state index is 10.6. The maximum Gasteiger partial charge on any atom is 0.331 e. The minimum Gasteiger partial charge on any atom is -0.478 e. The van der Waals surface area contributed by atoms with Gasteiger partial charge in [0.25, 0.3) is 0 Å². The van der Waals surface area contributed by atoms with Gasteiger partial charge in [-0.05, 0) is 37.1 Å². The molecule has 2 nitrogen and oxygen atoms in total. The molecular weight excluding hydrogens is 200 g/mol. The molecule has 3 heteroatoms. The van der Waals surface area contributed by atoms with Gasteiger partial charge >= 0.3 is 5.97 Å². The third-order valence-electron chi connectivity index (χ3n) is 1.92. The summed E-state index contributed by atoms with van der Waals surface area (Å²) < 4.78 is 0. The van der Waals surface area contributed by atoms with Gasteiger partial charge in [0.1, 0.15) is 0 Å². The highest BCUT2D eigenvalue weighted by atomic mass is 35.5. The molecule has 14 heavy (non-hydrogen) atoms. The molecule has 0 bridgehead atoms. The lowest BCUT2D eigenvalue weighted by molar-refractivity contribution is -0.132. The molecule has 1 N–H and O–H groups in total. The molecule has 1 aromatic rings. The summed E-state index contributed by atoms with van der Waals surface area (Å²) in [6.45, 7) is 3.45. The lowest BCUT2D eigenvalue weighted by Crippen LogP contribution is -1.95. The second-order valence-electron chi connectivity index (χ2n) is 3.14. The number of carboxylic acids is 1. The fourth-order valence-electron chi connectivity index (χ4n) is 1.01. The SMILES string of the molecule is C/C(=C\c1ccc(C)c(Cl)c1)C(=O)O. The van der Waals surface area contributed by atoms with Crippen molar-refractivity contribution in [3.8, 4) is 0 Å². The Bertz CT molecular complexity index is 394. The van der Waals surface area contributed by atoms with Crippen LogP contribution in [0.25, 0.3) is 6.08 Å². The van der Waals surface area contributed by atoms with Crippen LogP contribution in [0.1, 0.15) is 18.1 Å². The number of benzene rings is 1. The van der Waals surface area contributed by atoms with Crippen molar-refractivity contribution in [3.63, 3.8) is 0 Å². The average molecular weight is 211 g/mol. The van der Waals surface area contributed by atoms with E-state index in [1.54, 1.807) is 19.1 Å². The topological polar surface area (TPSA) is 37.3 Å². The van der Waals surface area contributed by atoms with Crippen LogP contribution in [0.3, 0.4) is 0 Å². The average Bonchev–Trinajstić information content (AvgIpc) is 2.11. The molecule has 0 heterocycles. The van der Waals surface area contributed by atoms with Gasteiger partial charge in [-0.2, -0.15) is 0 Å². The quantitative estimate of drug-likeness (QED) is 0.762. The molecule has 1 aromatic carbocycles. The van der Waals surface area contributed by atoms with Crippen molar-refractivity contribution in [1.29, 1.82) is 0 Å². The van der Waals surface area contributed by atoms with Crippen molar-refractivity contribution in [3.05, 3.63) is 39.9 Å². The summed E-state index contributed by atoms with van der Waals surface area (Å²) in [4.78, 5) is 10.6. The first-order valence-corrected chi connectivity index (χ1v) is 4.56. The van der Waals surface area contributed by atoms with E-state index in [1.165, 1.54) is 0 Å². The van der Waals surface area contributed by atoms with Gasteiger partial charge in [-0.15, -0.1) is 0 Å². The zero-order valence-electron chi connectivity index (χ0n) is 8.04. The van der Waals surface area contributed by atoms with E-state index in [9.17, 15) is 4.79 Å². The summed E-state index contributed by atoms with van der Waals surface area (Å²) in [5, 5.41) is 9.32. The van der Waals surface area contributed by atoms with Gasteiger partial charge in [0.2, 0.25) is 0 Å². The molecule has 0 aliphatic heterocycles. The van der Waals surface area contributed by atoms with Gasteiger partial charge in [0, 0.05) is 10.6 Å². The van der Waals surface area contributed by atoms with E-state index in [0.717, 1.165) is 11.1 Å². The number of aliphatic carboxylic acids is 1. The van der Waals surface area contributed by atoms with E-state index >= 15 is 0 Å². The summed E-state index contributed by atoms with van der Waals surface area (Å²) in [6.07, 6.45) is 1.59. The predicted octanol–water partition coefficient (Wildman–Crippen LogP) is 3.14. The van der Waals surface area contributed by atoms with Crippen LogP contribution in [-0.4, -0.2) is 11.1 Å². The molecule has 0 aliphatic rings. The van der Waals surface area contributed by atoms with Crippen LogP contribution in [-0.2, 0) is 4.79 Å². The highest BCUT2D eigenvalue weighted by Gasteiger charge is 2.01. The lowest BCUT2D eigenvalue weighted by Gasteiger charge is -1.99. The first-order valence-electron chi connectivity index (χ1n) is 4.18. The van der Waals surface area contributed by atoms with Gasteiger partial charge < -0.3 is 5.11 Å². The number of hydrogen-bond donors (Lipinski definition) is 1. The van der Waals surface area contributed by atoms with Crippen LogP contribution in [0.15, 0.2) is 23.8 Å². The Labute approximate surface area is 87.8 Å². The fourth-order valence-corrected chi connectivity index (χ4v) is 1.20. The minimum absolute atomic E-state index is 0.296. The van der Waals surface area contributed by atoms with Gasteiger partial charge in [0.05, 0.1) is 0 Å². The molecule has 0 radical (unpaired) electrons. The first-order chi connectivity index (χ1) is 6.50. The van der Waals surface area contributed by atoms with E-state index in [4.69, 9.17) is 16.7 Å². The van der Waals surface area contributed by atoms with E-state index in [-0.39, 0.29) is 0 Å². The van der Waals surface area contributed by atoms with Gasteiger partial charge in [-0.3, -0.25) is 0 Å². The summed E-state index contributed by atoms with van der Waals surface area (Å²) in [7, 11) is 0. The van der Waals surface area contributed by atoms with Crippen molar-refractivity contribution in [2.75, 3.05) is 0 Å². The lowest BCUT2D eigenvalue weighted by atomic mass is 10.1. The standard InChI is InChI=1S/C11H11ClO2/c1-7-3-4-9(6-10(7)12)5-8(2)11(13)14/h3-6H,1-2H3,(H,13,14)/b8-5+. The van der Waals surface area contributed by atoms with Gasteiger partial charge in [-0.1, -0.05) is 23.7 Å². The summed E-state index contributed by atoms with van der Waals surface area (Å²) >= 11 is 5.90. The molecule has 0 fully saturated rings. The molecule has 0 unspecified atom stereocenters. The number of hydrogen-bond acceptors (Lipinski definition) is 1. The second-order valence-corrected chi connectivity index (χ2v) is 3.55. The molecule has 1 rings (SSSR count). The third kappa shape index (κ3) is 2.60. The summed E-state index contributed by atoms with van der Waals surface area (Å²) in [5.41, 5.74) is 2.09. The predicted molar refractivity (Wildman–Crippen MR) is 57.5 cm³/mol. The van der Waals surface area contributed by atoms with E-state index < -0.39 is 5.97 Å². The fraction of sp³-hybridized carbons (Fsp3) is 0.182. The molecule has 0 spiro atoms. The number of halogens is 1. The Kier molecular flexibility index (Phi) is 3.31. The van der Waals surface area contributed by atoms with Crippen LogP contribution in [0, 0.1) is 6.92 Å². The van der Waals surface area contributed by atoms with Crippen molar-refractivity contribution in [1.82, 2.24) is 0 Å². The monoisotopic (exact) mass is 210 g/mol. The highest BCUT2D eigenvalue weighted by molar-refractivity contribution is 6.31. The highest BCUT2D eigenvalue weighted by Crippen LogP contribution is 2.18. The van der Waals surface area contributed by atoms with E-state index in [1.807, 2.05) is 19.1 Å². The Morgan fingerprint density at radius 2 is 2.14 bits per heavy atom. The Balaban J connectivity index is 3.04. The number of rotatable bonds is 2. The Morgan fingerprint density at radius 1 is 1.50 bits per heavy atom. The molecule has 0 saturated heterocycles. The summed E-state index contributed by atoms with van der Waals surface area (Å²) in [5.74, 6) is -0.915. The molecule has 0 aromatic heterocycles. The van der Waals surface area contributed by atoms with Crippen molar-refractivity contribution < 1.29 is 9.90 Å². The third-order valence-corrected chi connectivity index (χ3v) is 2.32. The van der Waals surface area contributed by atoms with Crippen molar-refractivity contribution in [2.45, 2.75) is 13.8 Å². The first kappa shape index (κ1) is 10.8. The Morgan fingerprint density at radius 3 is 2.64 bits per heavy atom. The van der Waals surface area contributed by atoms with Gasteiger partial charge in [0.15, 0.2) is 0 Å². The zero-order chi connectivity index (χ0) is 10.7. The number of carbonyl (C=O) groups is 1. The molecule has 0 saturated carbocycles. The maximum absolute atomic E-state index is 10.6. The molecule has 74 valence electrons. The van der Waals surface area contributed by atoms with Crippen molar-refractivity contribution in [2.24, 2.45) is 0 Å². The van der Waals surface area contributed by atoms with Crippen LogP contribution in [0.2, 0.25) is 5.02 Å². The molecule has 0 amide bonds. The largest absolute Gasteiger partial charge is 0.478 e.